The van der Waals surface area contributed by atoms with Crippen molar-refractivity contribution >= 4 is 0 Å². The Kier molecular flexibility index (Phi) is 5.90. The van der Waals surface area contributed by atoms with Crippen molar-refractivity contribution in [3.05, 3.63) is 0 Å². The van der Waals surface area contributed by atoms with Crippen LogP contribution in [0.15, 0.2) is 0 Å². The highest BCUT2D eigenvalue weighted by Crippen LogP contribution is 2.24. The summed E-state index contributed by atoms with van der Waals surface area (Å²) in [4.78, 5) is 2.48. The smallest absolute Gasteiger partial charge is 0.0230 e. The highest BCUT2D eigenvalue weighted by molar-refractivity contribution is 4.79. The Morgan fingerprint density at radius 2 is 2.12 bits per heavy atom. The Hall–Kier alpha value is -0.120. The minimum atomic E-state index is 0.400. The van der Waals surface area contributed by atoms with Gasteiger partial charge in [-0.1, -0.05) is 27.7 Å². The fourth-order valence-corrected chi connectivity index (χ4v) is 2.07. The zero-order valence-electron chi connectivity index (χ0n) is 12.3. The molecule has 1 unspecified atom stereocenters. The summed E-state index contributed by atoms with van der Waals surface area (Å²) in [6.07, 6.45) is 1.25. The molecule has 0 amide bonds. The van der Waals surface area contributed by atoms with Gasteiger partial charge in [0.2, 0.25) is 0 Å². The van der Waals surface area contributed by atoms with E-state index in [0.29, 0.717) is 11.5 Å². The predicted octanol–water partition coefficient (Wildman–Crippen LogP) is 1.55. The zero-order valence-corrected chi connectivity index (χ0v) is 12.3. The largest absolute Gasteiger partial charge is 0.316 e. The molecule has 1 rings (SSSR count). The van der Waals surface area contributed by atoms with E-state index in [4.69, 9.17) is 0 Å². The van der Waals surface area contributed by atoms with Gasteiger partial charge in [-0.05, 0) is 31.3 Å². The molecular weight excluding hydrogens is 210 g/mol. The second kappa shape index (κ2) is 6.72. The third-order valence-electron chi connectivity index (χ3n) is 4.44. The molecule has 0 bridgehead atoms. The molecular formula is C14H31N3. The van der Waals surface area contributed by atoms with Crippen LogP contribution in [0.5, 0.6) is 0 Å². The SMILES string of the molecule is CC(C)C(C)(C)CNCCC1CNCCN1C. The van der Waals surface area contributed by atoms with Crippen LogP contribution in [-0.2, 0) is 0 Å². The fraction of sp³-hybridized carbons (Fsp3) is 1.00. The van der Waals surface area contributed by atoms with E-state index < -0.39 is 0 Å². The van der Waals surface area contributed by atoms with Crippen molar-refractivity contribution in [2.24, 2.45) is 11.3 Å². The van der Waals surface area contributed by atoms with Gasteiger partial charge in [-0.25, -0.2) is 0 Å². The highest BCUT2D eigenvalue weighted by atomic mass is 15.2. The van der Waals surface area contributed by atoms with Crippen LogP contribution in [0, 0.1) is 11.3 Å². The number of hydrogen-bond acceptors (Lipinski definition) is 3. The molecule has 17 heavy (non-hydrogen) atoms. The molecule has 0 saturated carbocycles. The number of piperazine rings is 1. The Balaban J connectivity index is 2.15. The third kappa shape index (κ3) is 4.94. The molecule has 0 aromatic carbocycles. The summed E-state index contributed by atoms with van der Waals surface area (Å²) >= 11 is 0. The predicted molar refractivity (Wildman–Crippen MR) is 75.4 cm³/mol. The summed E-state index contributed by atoms with van der Waals surface area (Å²) < 4.78 is 0. The molecule has 2 N–H and O–H groups in total. The van der Waals surface area contributed by atoms with E-state index in [0.717, 1.165) is 32.1 Å². The quantitative estimate of drug-likeness (QED) is 0.691. The van der Waals surface area contributed by atoms with Crippen molar-refractivity contribution in [3.8, 4) is 0 Å². The van der Waals surface area contributed by atoms with E-state index in [-0.39, 0.29) is 0 Å². The second-order valence-corrected chi connectivity index (χ2v) is 6.45. The van der Waals surface area contributed by atoms with Gasteiger partial charge in [0.05, 0.1) is 0 Å². The number of nitrogens with one attached hydrogen (secondary N) is 2. The summed E-state index contributed by atoms with van der Waals surface area (Å²) in [5.41, 5.74) is 0.400. The molecule has 1 aliphatic heterocycles. The molecule has 1 saturated heterocycles. The minimum absolute atomic E-state index is 0.400. The number of rotatable bonds is 6. The lowest BCUT2D eigenvalue weighted by molar-refractivity contribution is 0.184. The normalized spacial score (nSPS) is 23.3. The number of likely N-dealkylation sites (N-methyl/N-ethyl adjacent to an activating group) is 1. The second-order valence-electron chi connectivity index (χ2n) is 6.45. The van der Waals surface area contributed by atoms with E-state index in [2.05, 4.69) is 50.3 Å². The van der Waals surface area contributed by atoms with Crippen molar-refractivity contribution < 1.29 is 0 Å². The third-order valence-corrected chi connectivity index (χ3v) is 4.44. The van der Waals surface area contributed by atoms with Crippen molar-refractivity contribution in [1.29, 1.82) is 0 Å². The maximum atomic E-state index is 3.62. The first-order valence-corrected chi connectivity index (χ1v) is 7.05. The molecule has 0 aromatic rings. The molecule has 0 spiro atoms. The molecule has 1 aliphatic rings. The van der Waals surface area contributed by atoms with Crippen LogP contribution in [0.25, 0.3) is 0 Å². The minimum Gasteiger partial charge on any atom is -0.316 e. The average Bonchev–Trinajstić information content (AvgIpc) is 2.26. The maximum Gasteiger partial charge on any atom is 0.0230 e. The van der Waals surface area contributed by atoms with E-state index in [1.807, 2.05) is 0 Å². The molecule has 0 aromatic heterocycles. The summed E-state index contributed by atoms with van der Waals surface area (Å²) in [6, 6.07) is 0.707. The summed E-state index contributed by atoms with van der Waals surface area (Å²) in [5, 5.41) is 7.09. The van der Waals surface area contributed by atoms with Gasteiger partial charge in [-0.2, -0.15) is 0 Å². The fourth-order valence-electron chi connectivity index (χ4n) is 2.07. The highest BCUT2D eigenvalue weighted by Gasteiger charge is 2.22. The van der Waals surface area contributed by atoms with Gasteiger partial charge < -0.3 is 15.5 Å². The molecule has 0 aliphatic carbocycles. The Labute approximate surface area is 107 Å². The molecule has 0 radical (unpaired) electrons. The van der Waals surface area contributed by atoms with E-state index in [9.17, 15) is 0 Å². The van der Waals surface area contributed by atoms with Crippen LogP contribution < -0.4 is 10.6 Å². The van der Waals surface area contributed by atoms with Gasteiger partial charge in [0.15, 0.2) is 0 Å². The molecule has 1 heterocycles. The van der Waals surface area contributed by atoms with Gasteiger partial charge in [-0.3, -0.25) is 0 Å². The van der Waals surface area contributed by atoms with Crippen LogP contribution in [-0.4, -0.2) is 50.7 Å². The van der Waals surface area contributed by atoms with Crippen molar-refractivity contribution in [1.82, 2.24) is 15.5 Å². The molecule has 1 fully saturated rings. The summed E-state index contributed by atoms with van der Waals surface area (Å²) in [6.45, 7) is 15.0. The van der Waals surface area contributed by atoms with Crippen LogP contribution in [0.1, 0.15) is 34.1 Å². The first-order chi connectivity index (χ1) is 7.93. The van der Waals surface area contributed by atoms with Crippen LogP contribution in [0.3, 0.4) is 0 Å². The van der Waals surface area contributed by atoms with E-state index >= 15 is 0 Å². The number of hydrogen-bond donors (Lipinski definition) is 2. The van der Waals surface area contributed by atoms with Crippen molar-refractivity contribution in [3.63, 3.8) is 0 Å². The van der Waals surface area contributed by atoms with Gasteiger partial charge >= 0.3 is 0 Å². The Morgan fingerprint density at radius 3 is 2.71 bits per heavy atom. The van der Waals surface area contributed by atoms with Crippen molar-refractivity contribution in [2.75, 3.05) is 39.8 Å². The van der Waals surface area contributed by atoms with Crippen molar-refractivity contribution in [2.45, 2.75) is 40.2 Å². The summed E-state index contributed by atoms with van der Waals surface area (Å²) in [7, 11) is 2.24. The van der Waals surface area contributed by atoms with E-state index in [1.54, 1.807) is 0 Å². The maximum absolute atomic E-state index is 3.62. The Morgan fingerprint density at radius 1 is 1.41 bits per heavy atom. The van der Waals surface area contributed by atoms with Gasteiger partial charge in [0.1, 0.15) is 0 Å². The standard InChI is InChI=1S/C14H31N3/c1-12(2)14(3,4)11-16-7-6-13-10-15-8-9-17(13)5/h12-13,15-16H,6-11H2,1-5H3. The van der Waals surface area contributed by atoms with Crippen LogP contribution >= 0.6 is 0 Å². The van der Waals surface area contributed by atoms with Crippen LogP contribution in [0.2, 0.25) is 0 Å². The lowest BCUT2D eigenvalue weighted by Crippen LogP contribution is -2.50. The van der Waals surface area contributed by atoms with Gasteiger partial charge in [0, 0.05) is 32.2 Å². The Bertz CT molecular complexity index is 214. The average molecular weight is 241 g/mol. The topological polar surface area (TPSA) is 27.3 Å². The monoisotopic (exact) mass is 241 g/mol. The van der Waals surface area contributed by atoms with Crippen LogP contribution in [0.4, 0.5) is 0 Å². The first-order valence-electron chi connectivity index (χ1n) is 7.05. The molecule has 3 nitrogen and oxygen atoms in total. The zero-order chi connectivity index (χ0) is 12.9. The van der Waals surface area contributed by atoms with Gasteiger partial charge in [-0.15, -0.1) is 0 Å². The molecule has 1 atom stereocenters. The molecule has 102 valence electrons. The lowest BCUT2D eigenvalue weighted by atomic mass is 9.81. The molecule has 3 heteroatoms. The van der Waals surface area contributed by atoms with E-state index in [1.165, 1.54) is 13.0 Å². The lowest BCUT2D eigenvalue weighted by Gasteiger charge is -2.34. The summed E-state index contributed by atoms with van der Waals surface area (Å²) in [5.74, 6) is 0.731. The van der Waals surface area contributed by atoms with Gasteiger partial charge in [0.25, 0.3) is 0 Å². The first kappa shape index (κ1) is 14.9. The number of nitrogens with zero attached hydrogens (tertiary/aromatic N) is 1.